The van der Waals surface area contributed by atoms with Gasteiger partial charge in [-0.2, -0.15) is 4.31 Å². The molecular weight excluding hydrogens is 378 g/mol. The number of carbonyl (C=O) groups is 1. The molecule has 0 saturated carbocycles. The minimum absolute atomic E-state index is 0.0131. The van der Waals surface area contributed by atoms with E-state index in [0.29, 0.717) is 0 Å². The van der Waals surface area contributed by atoms with Gasteiger partial charge in [0.15, 0.2) is 9.84 Å². The first-order chi connectivity index (χ1) is 12.0. The minimum Gasteiger partial charge on any atom is -0.481 e. The van der Waals surface area contributed by atoms with Crippen LogP contribution in [-0.2, 0) is 24.7 Å². The first kappa shape index (κ1) is 20.9. The molecule has 9 heteroatoms. The fourth-order valence-corrected chi connectivity index (χ4v) is 6.57. The standard InChI is InChI=1S/C17H25NO6S2/c1-13(2)14-5-7-16(8-6-14)26(23,24)18(10-3-4-17(19)20)15-9-11-25(21,22)12-15/h5-8,13,15H,3-4,9-12H2,1-2H3,(H,19,20)/t15-/m1/s1. The third kappa shape index (κ3) is 5.05. The van der Waals surface area contributed by atoms with Crippen molar-refractivity contribution in [2.75, 3.05) is 18.1 Å². The van der Waals surface area contributed by atoms with E-state index in [0.717, 1.165) is 5.56 Å². The lowest BCUT2D eigenvalue weighted by atomic mass is 10.0. The van der Waals surface area contributed by atoms with Crippen molar-refractivity contribution in [3.05, 3.63) is 29.8 Å². The maximum Gasteiger partial charge on any atom is 0.303 e. The van der Waals surface area contributed by atoms with Crippen molar-refractivity contribution in [2.45, 2.75) is 50.0 Å². The minimum atomic E-state index is -3.90. The van der Waals surface area contributed by atoms with Crippen molar-refractivity contribution in [3.8, 4) is 0 Å². The van der Waals surface area contributed by atoms with E-state index in [-0.39, 0.29) is 48.1 Å². The number of sulfone groups is 1. The lowest BCUT2D eigenvalue weighted by molar-refractivity contribution is -0.137. The molecule has 0 amide bonds. The van der Waals surface area contributed by atoms with Gasteiger partial charge in [0.25, 0.3) is 0 Å². The summed E-state index contributed by atoms with van der Waals surface area (Å²) in [6.07, 6.45) is 0.200. The quantitative estimate of drug-likeness (QED) is 0.709. The predicted octanol–water partition coefficient (Wildman–Crippen LogP) is 1.85. The Morgan fingerprint density at radius 3 is 2.35 bits per heavy atom. The summed E-state index contributed by atoms with van der Waals surface area (Å²) in [6, 6.07) is 5.90. The number of hydrogen-bond donors (Lipinski definition) is 1. The van der Waals surface area contributed by atoms with Crippen molar-refractivity contribution >= 4 is 25.8 Å². The molecule has 0 aliphatic carbocycles. The maximum absolute atomic E-state index is 13.1. The number of nitrogens with zero attached hydrogens (tertiary/aromatic N) is 1. The Morgan fingerprint density at radius 2 is 1.88 bits per heavy atom. The number of sulfonamides is 1. The van der Waals surface area contributed by atoms with Crippen molar-refractivity contribution in [1.82, 2.24) is 4.31 Å². The highest BCUT2D eigenvalue weighted by atomic mass is 32.2. The van der Waals surface area contributed by atoms with Crippen LogP contribution in [0.25, 0.3) is 0 Å². The number of aliphatic carboxylic acids is 1. The summed E-state index contributed by atoms with van der Waals surface area (Å²) in [4.78, 5) is 10.9. The van der Waals surface area contributed by atoms with Gasteiger partial charge in [-0.3, -0.25) is 4.79 Å². The fourth-order valence-electron chi connectivity index (χ4n) is 3.05. The lowest BCUT2D eigenvalue weighted by Crippen LogP contribution is -2.41. The van der Waals surface area contributed by atoms with Crippen LogP contribution in [0, 0.1) is 0 Å². The Hall–Kier alpha value is -1.45. The van der Waals surface area contributed by atoms with Crippen molar-refractivity contribution < 1.29 is 26.7 Å². The van der Waals surface area contributed by atoms with E-state index in [1.54, 1.807) is 12.1 Å². The van der Waals surface area contributed by atoms with Gasteiger partial charge in [-0.15, -0.1) is 0 Å². The van der Waals surface area contributed by atoms with Crippen LogP contribution in [0.5, 0.6) is 0 Å². The second kappa shape index (κ2) is 8.06. The van der Waals surface area contributed by atoms with Gasteiger partial charge in [-0.25, -0.2) is 16.8 Å². The van der Waals surface area contributed by atoms with Crippen LogP contribution in [0.2, 0.25) is 0 Å². The lowest BCUT2D eigenvalue weighted by Gasteiger charge is -2.27. The monoisotopic (exact) mass is 403 g/mol. The van der Waals surface area contributed by atoms with Crippen LogP contribution >= 0.6 is 0 Å². The highest BCUT2D eigenvalue weighted by molar-refractivity contribution is 7.92. The normalized spacial score (nSPS) is 19.9. The van der Waals surface area contributed by atoms with Crippen molar-refractivity contribution in [1.29, 1.82) is 0 Å². The molecule has 1 aromatic rings. The van der Waals surface area contributed by atoms with Gasteiger partial charge in [0.05, 0.1) is 16.4 Å². The zero-order valence-electron chi connectivity index (χ0n) is 15.0. The van der Waals surface area contributed by atoms with Crippen molar-refractivity contribution in [2.24, 2.45) is 0 Å². The van der Waals surface area contributed by atoms with Gasteiger partial charge in [0.1, 0.15) is 0 Å². The third-order valence-electron chi connectivity index (χ3n) is 4.54. The van der Waals surface area contributed by atoms with Crippen molar-refractivity contribution in [3.63, 3.8) is 0 Å². The first-order valence-electron chi connectivity index (χ1n) is 8.57. The van der Waals surface area contributed by atoms with E-state index in [1.807, 2.05) is 13.8 Å². The highest BCUT2D eigenvalue weighted by Gasteiger charge is 2.38. The second-order valence-electron chi connectivity index (χ2n) is 6.89. The van der Waals surface area contributed by atoms with E-state index in [4.69, 9.17) is 5.11 Å². The molecule has 0 bridgehead atoms. The Bertz CT molecular complexity index is 844. The van der Waals surface area contributed by atoms with Gasteiger partial charge < -0.3 is 5.11 Å². The van der Waals surface area contributed by atoms with Gasteiger partial charge in [-0.05, 0) is 36.5 Å². The van der Waals surface area contributed by atoms with E-state index in [9.17, 15) is 21.6 Å². The Balaban J connectivity index is 2.30. The average Bonchev–Trinajstić information content (AvgIpc) is 2.90. The summed E-state index contributed by atoms with van der Waals surface area (Å²) >= 11 is 0. The second-order valence-corrected chi connectivity index (χ2v) is 11.0. The maximum atomic E-state index is 13.1. The number of carboxylic acid groups (broad SMARTS) is 1. The zero-order valence-corrected chi connectivity index (χ0v) is 16.6. The highest BCUT2D eigenvalue weighted by Crippen LogP contribution is 2.26. The third-order valence-corrected chi connectivity index (χ3v) is 8.25. The fraction of sp³-hybridized carbons (Fsp3) is 0.588. The molecule has 1 aliphatic rings. The molecular formula is C17H25NO6S2. The molecule has 0 spiro atoms. The Morgan fingerprint density at radius 1 is 1.27 bits per heavy atom. The van der Waals surface area contributed by atoms with Crippen LogP contribution in [0.4, 0.5) is 0 Å². The van der Waals surface area contributed by atoms with Crippen LogP contribution in [0.3, 0.4) is 0 Å². The van der Waals surface area contributed by atoms with Gasteiger partial charge in [-0.1, -0.05) is 26.0 Å². The smallest absolute Gasteiger partial charge is 0.303 e. The molecule has 146 valence electrons. The molecule has 7 nitrogen and oxygen atoms in total. The van der Waals surface area contributed by atoms with E-state index in [1.165, 1.54) is 16.4 Å². The summed E-state index contributed by atoms with van der Waals surface area (Å²) in [7, 11) is -7.16. The van der Waals surface area contributed by atoms with Crippen LogP contribution < -0.4 is 0 Å². The molecule has 26 heavy (non-hydrogen) atoms. The molecule has 1 fully saturated rings. The first-order valence-corrected chi connectivity index (χ1v) is 11.8. The molecule has 2 rings (SSSR count). The van der Waals surface area contributed by atoms with Crippen LogP contribution in [0.15, 0.2) is 29.2 Å². The number of rotatable bonds is 8. The molecule has 0 aromatic heterocycles. The SMILES string of the molecule is CC(C)c1ccc(S(=O)(=O)N(CCCC(=O)O)[C@@H]2CCS(=O)(=O)C2)cc1. The average molecular weight is 404 g/mol. The van der Waals surface area contributed by atoms with Gasteiger partial charge in [0.2, 0.25) is 10.0 Å². The summed E-state index contributed by atoms with van der Waals surface area (Å²) in [5.74, 6) is -1.01. The number of hydrogen-bond acceptors (Lipinski definition) is 5. The predicted molar refractivity (Wildman–Crippen MR) is 98.4 cm³/mol. The Kier molecular flexibility index (Phi) is 6.46. The molecule has 1 heterocycles. The molecule has 0 radical (unpaired) electrons. The summed E-state index contributed by atoms with van der Waals surface area (Å²) in [5.41, 5.74) is 1.00. The Labute approximate surface area is 155 Å². The van der Waals surface area contributed by atoms with Gasteiger partial charge >= 0.3 is 5.97 Å². The van der Waals surface area contributed by atoms with E-state index in [2.05, 4.69) is 0 Å². The number of carboxylic acids is 1. The van der Waals surface area contributed by atoms with E-state index < -0.39 is 31.9 Å². The molecule has 1 aliphatic heterocycles. The molecule has 1 saturated heterocycles. The summed E-state index contributed by atoms with van der Waals surface area (Å²) in [6.45, 7) is 4.00. The summed E-state index contributed by atoms with van der Waals surface area (Å²) in [5, 5.41) is 8.81. The summed E-state index contributed by atoms with van der Waals surface area (Å²) < 4.78 is 50.9. The molecule has 1 atom stereocenters. The largest absolute Gasteiger partial charge is 0.481 e. The topological polar surface area (TPSA) is 109 Å². The van der Waals surface area contributed by atoms with Gasteiger partial charge in [0, 0.05) is 19.0 Å². The van der Waals surface area contributed by atoms with Crippen LogP contribution in [-0.4, -0.2) is 56.3 Å². The zero-order chi connectivity index (χ0) is 19.5. The van der Waals surface area contributed by atoms with Crippen LogP contribution in [0.1, 0.15) is 44.6 Å². The molecule has 1 N–H and O–H groups in total. The molecule has 1 aromatic carbocycles. The van der Waals surface area contributed by atoms with E-state index >= 15 is 0 Å². The number of benzene rings is 1. The molecule has 0 unspecified atom stereocenters.